The lowest BCUT2D eigenvalue weighted by Crippen LogP contribution is -2.52. The van der Waals surface area contributed by atoms with Gasteiger partial charge < -0.3 is 19.9 Å². The minimum atomic E-state index is -0.651. The second-order valence-electron chi connectivity index (χ2n) is 8.70. The fraction of sp³-hybridized carbons (Fsp3) is 0.375. The Bertz CT molecular complexity index is 1160. The molecular weight excluding hydrogens is 452 g/mol. The highest BCUT2D eigenvalue weighted by Gasteiger charge is 2.39. The Morgan fingerprint density at radius 2 is 1.97 bits per heavy atom. The SMILES string of the molecule is O=C1CCC(N2Cc3ccc(CNC(=O)Nc4ccc(N5CCOCC5)cn4)cc3C2=O)C(=O)N1. The summed E-state index contributed by atoms with van der Waals surface area (Å²) in [7, 11) is 0. The van der Waals surface area contributed by atoms with Crippen LogP contribution in [0.2, 0.25) is 0 Å². The van der Waals surface area contributed by atoms with E-state index in [4.69, 9.17) is 4.74 Å². The number of benzene rings is 1. The molecule has 11 heteroatoms. The molecule has 182 valence electrons. The molecule has 2 fully saturated rings. The molecule has 1 aromatic heterocycles. The monoisotopic (exact) mass is 478 g/mol. The number of fused-ring (bicyclic) bond motifs is 1. The van der Waals surface area contributed by atoms with Gasteiger partial charge in [-0.3, -0.25) is 25.0 Å². The van der Waals surface area contributed by atoms with Gasteiger partial charge >= 0.3 is 6.03 Å². The van der Waals surface area contributed by atoms with Crippen molar-refractivity contribution in [3.05, 3.63) is 53.2 Å². The Hall–Kier alpha value is -3.99. The third-order valence-electron chi connectivity index (χ3n) is 6.41. The van der Waals surface area contributed by atoms with E-state index in [9.17, 15) is 19.2 Å². The molecule has 0 spiro atoms. The van der Waals surface area contributed by atoms with E-state index >= 15 is 0 Å². The number of hydrogen-bond donors (Lipinski definition) is 3. The van der Waals surface area contributed by atoms with Crippen LogP contribution in [0.5, 0.6) is 0 Å². The number of pyridine rings is 1. The number of aromatic nitrogens is 1. The van der Waals surface area contributed by atoms with Crippen molar-refractivity contribution in [3.8, 4) is 0 Å². The number of rotatable bonds is 5. The molecule has 0 saturated carbocycles. The van der Waals surface area contributed by atoms with E-state index in [0.717, 1.165) is 29.9 Å². The Balaban J connectivity index is 1.15. The Labute approximate surface area is 201 Å². The molecule has 2 saturated heterocycles. The van der Waals surface area contributed by atoms with Crippen molar-refractivity contribution in [2.24, 2.45) is 0 Å². The maximum Gasteiger partial charge on any atom is 0.320 e. The molecule has 2 aromatic rings. The molecule has 11 nitrogen and oxygen atoms in total. The highest BCUT2D eigenvalue weighted by atomic mass is 16.5. The molecule has 1 atom stereocenters. The predicted molar refractivity (Wildman–Crippen MR) is 126 cm³/mol. The average molecular weight is 479 g/mol. The van der Waals surface area contributed by atoms with Crippen LogP contribution in [0.15, 0.2) is 36.5 Å². The van der Waals surface area contributed by atoms with Crippen molar-refractivity contribution in [1.29, 1.82) is 0 Å². The molecule has 3 aliphatic rings. The molecule has 1 aromatic carbocycles. The average Bonchev–Trinajstić information content (AvgIpc) is 3.19. The van der Waals surface area contributed by atoms with Crippen molar-refractivity contribution in [3.63, 3.8) is 0 Å². The van der Waals surface area contributed by atoms with Crippen molar-refractivity contribution in [1.82, 2.24) is 20.5 Å². The third-order valence-corrected chi connectivity index (χ3v) is 6.41. The first-order valence-corrected chi connectivity index (χ1v) is 11.6. The van der Waals surface area contributed by atoms with Crippen LogP contribution < -0.4 is 20.9 Å². The number of anilines is 2. The lowest BCUT2D eigenvalue weighted by molar-refractivity contribution is -0.136. The first-order chi connectivity index (χ1) is 17.0. The molecular formula is C24H26N6O5. The summed E-state index contributed by atoms with van der Waals surface area (Å²) in [6, 6.07) is 8.02. The predicted octanol–water partition coefficient (Wildman–Crippen LogP) is 1.00. The summed E-state index contributed by atoms with van der Waals surface area (Å²) in [6.45, 7) is 3.53. The van der Waals surface area contributed by atoms with E-state index in [1.807, 2.05) is 18.2 Å². The largest absolute Gasteiger partial charge is 0.378 e. The molecule has 3 aliphatic heterocycles. The van der Waals surface area contributed by atoms with Crippen LogP contribution in [-0.2, 0) is 27.4 Å². The Kier molecular flexibility index (Phi) is 6.32. The van der Waals surface area contributed by atoms with Gasteiger partial charge in [0, 0.05) is 38.2 Å². The number of ether oxygens (including phenoxy) is 1. The van der Waals surface area contributed by atoms with Crippen molar-refractivity contribution >= 4 is 35.3 Å². The molecule has 1 unspecified atom stereocenters. The van der Waals surface area contributed by atoms with E-state index in [2.05, 4.69) is 25.8 Å². The summed E-state index contributed by atoms with van der Waals surface area (Å²) < 4.78 is 5.36. The summed E-state index contributed by atoms with van der Waals surface area (Å²) in [5.74, 6) is -0.563. The van der Waals surface area contributed by atoms with Crippen LogP contribution in [0.3, 0.4) is 0 Å². The molecule has 3 N–H and O–H groups in total. The van der Waals surface area contributed by atoms with Gasteiger partial charge in [-0.25, -0.2) is 9.78 Å². The van der Waals surface area contributed by atoms with Gasteiger partial charge in [0.05, 0.1) is 25.1 Å². The van der Waals surface area contributed by atoms with Gasteiger partial charge in [0.15, 0.2) is 0 Å². The number of imide groups is 1. The van der Waals surface area contributed by atoms with Crippen molar-refractivity contribution in [2.75, 3.05) is 36.5 Å². The van der Waals surface area contributed by atoms with Crippen LogP contribution in [0, 0.1) is 0 Å². The van der Waals surface area contributed by atoms with Crippen LogP contribution in [0.25, 0.3) is 0 Å². The summed E-state index contributed by atoms with van der Waals surface area (Å²) in [5, 5.41) is 7.78. The fourth-order valence-corrected chi connectivity index (χ4v) is 4.52. The number of urea groups is 1. The quantitative estimate of drug-likeness (QED) is 0.546. The molecule has 5 rings (SSSR count). The summed E-state index contributed by atoms with van der Waals surface area (Å²) >= 11 is 0. The van der Waals surface area contributed by atoms with E-state index < -0.39 is 18.0 Å². The van der Waals surface area contributed by atoms with Gasteiger partial charge in [-0.1, -0.05) is 12.1 Å². The zero-order valence-corrected chi connectivity index (χ0v) is 19.1. The lowest BCUT2D eigenvalue weighted by Gasteiger charge is -2.29. The Morgan fingerprint density at radius 3 is 2.71 bits per heavy atom. The van der Waals surface area contributed by atoms with Crippen LogP contribution in [-0.4, -0.2) is 66.0 Å². The number of amides is 5. The smallest absolute Gasteiger partial charge is 0.320 e. The highest BCUT2D eigenvalue weighted by Crippen LogP contribution is 2.28. The van der Waals surface area contributed by atoms with Crippen LogP contribution in [0.1, 0.15) is 34.3 Å². The number of nitrogens with one attached hydrogen (secondary N) is 3. The number of morpholine rings is 1. The molecule has 35 heavy (non-hydrogen) atoms. The topological polar surface area (TPSA) is 133 Å². The first kappa shape index (κ1) is 22.8. The number of carbonyl (C=O) groups excluding carboxylic acids is 4. The molecule has 5 amide bonds. The third kappa shape index (κ3) is 4.94. The maximum atomic E-state index is 12.9. The fourth-order valence-electron chi connectivity index (χ4n) is 4.52. The maximum absolute atomic E-state index is 12.9. The molecule has 0 radical (unpaired) electrons. The second kappa shape index (κ2) is 9.71. The van der Waals surface area contributed by atoms with E-state index in [0.29, 0.717) is 37.6 Å². The number of hydrogen-bond acceptors (Lipinski definition) is 7. The van der Waals surface area contributed by atoms with E-state index in [-0.39, 0.29) is 24.8 Å². The van der Waals surface area contributed by atoms with Gasteiger partial charge in [-0.15, -0.1) is 0 Å². The van der Waals surface area contributed by atoms with E-state index in [1.165, 1.54) is 4.90 Å². The Morgan fingerprint density at radius 1 is 1.14 bits per heavy atom. The molecule has 0 bridgehead atoms. The highest BCUT2D eigenvalue weighted by molar-refractivity contribution is 6.05. The van der Waals surface area contributed by atoms with Crippen molar-refractivity contribution < 1.29 is 23.9 Å². The normalized spacial score (nSPS) is 19.9. The number of nitrogens with zero attached hydrogens (tertiary/aromatic N) is 3. The first-order valence-electron chi connectivity index (χ1n) is 11.6. The lowest BCUT2D eigenvalue weighted by atomic mass is 10.0. The zero-order valence-electron chi connectivity index (χ0n) is 19.1. The van der Waals surface area contributed by atoms with Crippen LogP contribution >= 0.6 is 0 Å². The minimum Gasteiger partial charge on any atom is -0.378 e. The van der Waals surface area contributed by atoms with Gasteiger partial charge in [0.25, 0.3) is 5.91 Å². The number of carbonyl (C=O) groups is 4. The van der Waals surface area contributed by atoms with Gasteiger partial charge in [0.2, 0.25) is 11.8 Å². The summed E-state index contributed by atoms with van der Waals surface area (Å²) in [6.07, 6.45) is 2.26. The molecule has 0 aliphatic carbocycles. The van der Waals surface area contributed by atoms with Gasteiger partial charge in [0.1, 0.15) is 11.9 Å². The number of piperidine rings is 1. The van der Waals surface area contributed by atoms with Gasteiger partial charge in [-0.05, 0) is 35.7 Å². The van der Waals surface area contributed by atoms with Gasteiger partial charge in [-0.2, -0.15) is 0 Å². The van der Waals surface area contributed by atoms with Crippen molar-refractivity contribution in [2.45, 2.75) is 32.0 Å². The standard InChI is InChI=1S/C24H26N6O5/c31-21-6-4-19(22(32)28-21)30-14-16-2-1-15(11-18(16)23(30)33)12-26-24(34)27-20-5-3-17(13-25-20)29-7-9-35-10-8-29/h1-3,5,11,13,19H,4,6-10,12,14H2,(H,28,31,32)(H2,25,26,27,34). The molecule has 4 heterocycles. The summed E-state index contributed by atoms with van der Waals surface area (Å²) in [5.41, 5.74) is 3.06. The van der Waals surface area contributed by atoms with Crippen LogP contribution in [0.4, 0.5) is 16.3 Å². The summed E-state index contributed by atoms with van der Waals surface area (Å²) in [4.78, 5) is 56.9. The van der Waals surface area contributed by atoms with E-state index in [1.54, 1.807) is 18.3 Å². The second-order valence-corrected chi connectivity index (χ2v) is 8.70. The minimum absolute atomic E-state index is 0.214. The zero-order chi connectivity index (χ0) is 24.4.